The Morgan fingerprint density at radius 1 is 1.07 bits per heavy atom. The van der Waals surface area contributed by atoms with Gasteiger partial charge < -0.3 is 14.5 Å². The van der Waals surface area contributed by atoms with E-state index < -0.39 is 0 Å². The van der Waals surface area contributed by atoms with Gasteiger partial charge in [-0.15, -0.1) is 12.4 Å². The Hall–Kier alpha value is -1.52. The number of benzene rings is 1. The van der Waals surface area contributed by atoms with Gasteiger partial charge in [0.2, 0.25) is 0 Å². The van der Waals surface area contributed by atoms with Crippen LogP contribution in [0.4, 0.5) is 0 Å². The van der Waals surface area contributed by atoms with Gasteiger partial charge in [-0.3, -0.25) is 4.79 Å². The Morgan fingerprint density at radius 3 is 2.48 bits per heavy atom. The Balaban J connectivity index is 0.00000261. The quantitative estimate of drug-likeness (QED) is 0.638. The van der Waals surface area contributed by atoms with Gasteiger partial charge in [-0.05, 0) is 75.9 Å². The summed E-state index contributed by atoms with van der Waals surface area (Å²) in [6, 6.07) is 7.91. The van der Waals surface area contributed by atoms with Crippen LogP contribution in [0.15, 0.2) is 36.9 Å². The van der Waals surface area contributed by atoms with E-state index in [0.717, 1.165) is 43.7 Å². The molecule has 1 unspecified atom stereocenters. The topological polar surface area (TPSA) is 32.8 Å². The van der Waals surface area contributed by atoms with E-state index in [1.165, 1.54) is 38.8 Å². The second-order valence-corrected chi connectivity index (χ2v) is 7.46. The van der Waals surface area contributed by atoms with Gasteiger partial charge in [0.05, 0.1) is 0 Å². The van der Waals surface area contributed by atoms with Crippen molar-refractivity contribution in [3.63, 3.8) is 0 Å². The number of piperidine rings is 2. The number of rotatable bonds is 7. The van der Waals surface area contributed by atoms with E-state index >= 15 is 0 Å². The lowest BCUT2D eigenvalue weighted by Crippen LogP contribution is -2.45. The first-order valence-corrected chi connectivity index (χ1v) is 10.1. The molecule has 2 fully saturated rings. The molecule has 1 atom stereocenters. The maximum absolute atomic E-state index is 13.0. The number of hydrogen-bond donors (Lipinski definition) is 0. The number of hydrogen-bond acceptors (Lipinski definition) is 3. The summed E-state index contributed by atoms with van der Waals surface area (Å²) in [5.74, 6) is 0.949. The van der Waals surface area contributed by atoms with E-state index in [1.54, 1.807) is 6.08 Å². The van der Waals surface area contributed by atoms with Crippen LogP contribution >= 0.6 is 12.4 Å². The minimum atomic E-state index is 0. The molecular weight excluding hydrogens is 360 g/mol. The second-order valence-electron chi connectivity index (χ2n) is 7.46. The van der Waals surface area contributed by atoms with Crippen molar-refractivity contribution in [2.75, 3.05) is 32.8 Å². The molecule has 0 N–H and O–H groups in total. The lowest BCUT2D eigenvalue weighted by Gasteiger charge is -2.37. The maximum atomic E-state index is 13.0. The third-order valence-electron chi connectivity index (χ3n) is 5.58. The summed E-state index contributed by atoms with van der Waals surface area (Å²) in [4.78, 5) is 17.7. The first-order chi connectivity index (χ1) is 12.8. The van der Waals surface area contributed by atoms with Gasteiger partial charge in [-0.1, -0.05) is 19.1 Å². The van der Waals surface area contributed by atoms with Gasteiger partial charge in [0.25, 0.3) is 5.91 Å². The van der Waals surface area contributed by atoms with Crippen molar-refractivity contribution in [1.29, 1.82) is 0 Å². The van der Waals surface area contributed by atoms with Crippen LogP contribution in [0, 0.1) is 0 Å². The van der Waals surface area contributed by atoms with Crippen LogP contribution in [0.3, 0.4) is 0 Å². The fourth-order valence-electron chi connectivity index (χ4n) is 4.10. The highest BCUT2D eigenvalue weighted by Gasteiger charge is 2.27. The monoisotopic (exact) mass is 392 g/mol. The van der Waals surface area contributed by atoms with Crippen molar-refractivity contribution >= 4 is 18.3 Å². The summed E-state index contributed by atoms with van der Waals surface area (Å²) in [6.07, 6.45) is 10.3. The summed E-state index contributed by atoms with van der Waals surface area (Å²) in [5, 5.41) is 0. The molecule has 0 saturated carbocycles. The average molecular weight is 393 g/mol. The summed E-state index contributed by atoms with van der Waals surface area (Å²) in [6.45, 7) is 8.61. The molecule has 1 aromatic rings. The molecule has 0 aromatic heterocycles. The van der Waals surface area contributed by atoms with E-state index in [0.29, 0.717) is 12.6 Å². The molecule has 2 aliphatic heterocycles. The zero-order valence-corrected chi connectivity index (χ0v) is 17.1. The Morgan fingerprint density at radius 2 is 1.78 bits per heavy atom. The van der Waals surface area contributed by atoms with Gasteiger partial charge in [-0.2, -0.15) is 0 Å². The van der Waals surface area contributed by atoms with Crippen molar-refractivity contribution in [3.8, 4) is 5.75 Å². The largest absolute Gasteiger partial charge is 0.490 e. The Bertz CT molecular complexity index is 584. The molecule has 150 valence electrons. The van der Waals surface area contributed by atoms with Crippen LogP contribution in [0.25, 0.3) is 0 Å². The third-order valence-corrected chi connectivity index (χ3v) is 5.58. The van der Waals surface area contributed by atoms with E-state index in [-0.39, 0.29) is 18.3 Å². The minimum absolute atomic E-state index is 0. The number of carbonyl (C=O) groups is 1. The predicted octanol–water partition coefficient (Wildman–Crippen LogP) is 4.54. The van der Waals surface area contributed by atoms with Crippen molar-refractivity contribution in [3.05, 3.63) is 42.5 Å². The standard InChI is InChI=1S/C22H32N2O2.ClH/c1-2-18-26-21-11-9-19(10-12-21)22(25)24-16-7-4-8-20(24)13-17-23-14-5-3-6-15-23;/h2,9-12,20H,1,3-8,13-18H2;1H. The molecule has 2 heterocycles. The fraction of sp³-hybridized carbons (Fsp3) is 0.591. The molecule has 0 aliphatic carbocycles. The molecule has 0 bridgehead atoms. The highest BCUT2D eigenvalue weighted by Crippen LogP contribution is 2.24. The van der Waals surface area contributed by atoms with Crippen LogP contribution in [0.1, 0.15) is 55.3 Å². The summed E-state index contributed by atoms with van der Waals surface area (Å²) >= 11 is 0. The smallest absolute Gasteiger partial charge is 0.254 e. The predicted molar refractivity (Wildman–Crippen MR) is 113 cm³/mol. The highest BCUT2D eigenvalue weighted by atomic mass is 35.5. The zero-order valence-electron chi connectivity index (χ0n) is 16.3. The number of carbonyl (C=O) groups excluding carboxylic acids is 1. The first-order valence-electron chi connectivity index (χ1n) is 10.1. The SMILES string of the molecule is C=CCOc1ccc(C(=O)N2CCCCC2CCN2CCCCC2)cc1.Cl. The van der Waals surface area contributed by atoms with Gasteiger partial charge in [0.15, 0.2) is 0 Å². The first kappa shape index (κ1) is 21.8. The molecule has 1 amide bonds. The number of likely N-dealkylation sites (tertiary alicyclic amines) is 2. The van der Waals surface area contributed by atoms with Crippen LogP contribution in [0.5, 0.6) is 5.75 Å². The van der Waals surface area contributed by atoms with Crippen LogP contribution < -0.4 is 4.74 Å². The number of amides is 1. The van der Waals surface area contributed by atoms with Crippen LogP contribution in [-0.4, -0.2) is 54.5 Å². The lowest BCUT2D eigenvalue weighted by atomic mass is 9.97. The third kappa shape index (κ3) is 6.25. The lowest BCUT2D eigenvalue weighted by molar-refractivity contribution is 0.0579. The maximum Gasteiger partial charge on any atom is 0.254 e. The number of ether oxygens (including phenoxy) is 1. The van der Waals surface area contributed by atoms with Gasteiger partial charge in [0, 0.05) is 24.7 Å². The normalized spacial score (nSPS) is 20.6. The van der Waals surface area contributed by atoms with Crippen LogP contribution in [-0.2, 0) is 0 Å². The molecule has 0 radical (unpaired) electrons. The molecule has 1 aromatic carbocycles. The summed E-state index contributed by atoms with van der Waals surface area (Å²) < 4.78 is 5.51. The highest BCUT2D eigenvalue weighted by molar-refractivity contribution is 5.94. The molecular formula is C22H33ClN2O2. The van der Waals surface area contributed by atoms with Crippen molar-refractivity contribution in [2.24, 2.45) is 0 Å². The number of halogens is 1. The molecule has 2 aliphatic rings. The van der Waals surface area contributed by atoms with E-state index in [4.69, 9.17) is 4.74 Å². The zero-order chi connectivity index (χ0) is 18.2. The number of nitrogens with zero attached hydrogens (tertiary/aromatic N) is 2. The van der Waals surface area contributed by atoms with E-state index in [1.807, 2.05) is 24.3 Å². The van der Waals surface area contributed by atoms with Gasteiger partial charge in [-0.25, -0.2) is 0 Å². The fourth-order valence-corrected chi connectivity index (χ4v) is 4.10. The van der Waals surface area contributed by atoms with Crippen molar-refractivity contribution in [1.82, 2.24) is 9.80 Å². The molecule has 2 saturated heterocycles. The molecule has 3 rings (SSSR count). The van der Waals surface area contributed by atoms with Crippen molar-refractivity contribution in [2.45, 2.75) is 51.0 Å². The molecule has 4 nitrogen and oxygen atoms in total. The molecule has 5 heteroatoms. The van der Waals surface area contributed by atoms with E-state index in [9.17, 15) is 4.79 Å². The molecule has 0 spiro atoms. The van der Waals surface area contributed by atoms with Crippen molar-refractivity contribution < 1.29 is 9.53 Å². The summed E-state index contributed by atoms with van der Waals surface area (Å²) in [5.41, 5.74) is 0.765. The van der Waals surface area contributed by atoms with E-state index in [2.05, 4.69) is 16.4 Å². The van der Waals surface area contributed by atoms with Gasteiger partial charge in [0.1, 0.15) is 12.4 Å². The van der Waals surface area contributed by atoms with Crippen LogP contribution in [0.2, 0.25) is 0 Å². The average Bonchev–Trinajstić information content (AvgIpc) is 2.71. The Kier molecular flexibility index (Phi) is 9.16. The second kappa shape index (κ2) is 11.4. The molecule has 27 heavy (non-hydrogen) atoms. The summed E-state index contributed by atoms with van der Waals surface area (Å²) in [7, 11) is 0. The van der Waals surface area contributed by atoms with Gasteiger partial charge >= 0.3 is 0 Å². The minimum Gasteiger partial charge on any atom is -0.490 e. The Labute approximate surface area is 170 Å².